The van der Waals surface area contributed by atoms with E-state index in [2.05, 4.69) is 33.6 Å². The molecule has 0 fully saturated rings. The molecule has 0 aliphatic heterocycles. The van der Waals surface area contributed by atoms with Crippen molar-refractivity contribution in [3.05, 3.63) is 47.8 Å². The van der Waals surface area contributed by atoms with Gasteiger partial charge < -0.3 is 0 Å². The lowest BCUT2D eigenvalue weighted by Crippen LogP contribution is -2.06. The molecule has 7 heteroatoms. The number of aromatic nitrogens is 2. The molecule has 0 amide bonds. The van der Waals surface area contributed by atoms with Crippen molar-refractivity contribution >= 4 is 21.9 Å². The number of thioether (sulfide) groups is 1. The van der Waals surface area contributed by atoms with Crippen LogP contribution in [-0.2, 0) is 14.3 Å². The second-order valence-electron chi connectivity index (χ2n) is 4.44. The summed E-state index contributed by atoms with van der Waals surface area (Å²) in [5, 5.41) is 0.684. The van der Waals surface area contributed by atoms with Crippen molar-refractivity contribution in [2.75, 3.05) is 12.9 Å². The Morgan fingerprint density at radius 3 is 2.62 bits per heavy atom. The van der Waals surface area contributed by atoms with E-state index in [9.17, 15) is 8.42 Å². The molecule has 5 nitrogen and oxygen atoms in total. The Morgan fingerprint density at radius 1 is 1.21 bits per heavy atom. The summed E-state index contributed by atoms with van der Waals surface area (Å²) < 4.78 is 28.5. The van der Waals surface area contributed by atoms with Crippen LogP contribution in [0.1, 0.15) is 11.3 Å². The predicted octanol–water partition coefficient (Wildman–Crippen LogP) is 2.27. The molecular formula is C17H14N2O3S2. The number of nitrogens with zero attached hydrogens (tertiary/aromatic N) is 2. The highest BCUT2D eigenvalue weighted by atomic mass is 32.2. The van der Waals surface area contributed by atoms with Crippen LogP contribution in [0.4, 0.5) is 0 Å². The lowest BCUT2D eigenvalue weighted by atomic mass is 10.2. The average molecular weight is 358 g/mol. The lowest BCUT2D eigenvalue weighted by Gasteiger charge is -2.01. The minimum atomic E-state index is -3.79. The van der Waals surface area contributed by atoms with Crippen LogP contribution in [-0.4, -0.2) is 31.2 Å². The maximum atomic E-state index is 11.8. The summed E-state index contributed by atoms with van der Waals surface area (Å²) >= 11 is 1.46. The molecule has 0 spiro atoms. The zero-order chi connectivity index (χ0) is 17.4. The van der Waals surface area contributed by atoms with Crippen molar-refractivity contribution in [1.82, 2.24) is 9.97 Å². The largest absolute Gasteiger partial charge is 0.297 e. The van der Waals surface area contributed by atoms with Crippen LogP contribution < -0.4 is 0 Å². The van der Waals surface area contributed by atoms with E-state index in [1.807, 2.05) is 13.2 Å². The molecule has 2 rings (SSSR count). The van der Waals surface area contributed by atoms with Gasteiger partial charge in [-0.1, -0.05) is 35.9 Å². The molecule has 24 heavy (non-hydrogen) atoms. The summed E-state index contributed by atoms with van der Waals surface area (Å²) in [5.74, 6) is 10.6. The summed E-state index contributed by atoms with van der Waals surface area (Å²) in [7, 11) is -3.79. The molecule has 0 aliphatic rings. The molecule has 0 atom stereocenters. The summed E-state index contributed by atoms with van der Waals surface area (Å²) in [6.45, 7) is 1.58. The first-order valence-electron chi connectivity index (χ1n) is 6.84. The first kappa shape index (κ1) is 18.0. The molecule has 0 bridgehead atoms. The SMILES string of the molecule is CSc1ncc(C#CC#CCOS(=O)(=O)c2ccccc2)c(C)n1. The molecule has 0 saturated heterocycles. The Labute approximate surface area is 146 Å². The minimum Gasteiger partial charge on any atom is -0.253 e. The first-order valence-corrected chi connectivity index (χ1v) is 9.47. The highest BCUT2D eigenvalue weighted by Gasteiger charge is 2.12. The number of hydrogen-bond acceptors (Lipinski definition) is 6. The fourth-order valence-corrected chi connectivity index (χ4v) is 2.83. The summed E-state index contributed by atoms with van der Waals surface area (Å²) in [5.41, 5.74) is 1.45. The van der Waals surface area contributed by atoms with Crippen molar-refractivity contribution in [2.45, 2.75) is 17.0 Å². The van der Waals surface area contributed by atoms with Gasteiger partial charge in [-0.25, -0.2) is 9.97 Å². The van der Waals surface area contributed by atoms with Gasteiger partial charge in [0.25, 0.3) is 10.1 Å². The molecule has 1 aromatic heterocycles. The Balaban J connectivity index is 1.96. The first-order chi connectivity index (χ1) is 11.5. The molecule has 122 valence electrons. The highest BCUT2D eigenvalue weighted by molar-refractivity contribution is 7.98. The summed E-state index contributed by atoms with van der Waals surface area (Å²) in [6, 6.07) is 7.90. The predicted molar refractivity (Wildman–Crippen MR) is 92.8 cm³/mol. The molecule has 1 heterocycles. The van der Waals surface area contributed by atoms with Gasteiger partial charge >= 0.3 is 0 Å². The number of aryl methyl sites for hydroxylation is 1. The second-order valence-corrected chi connectivity index (χ2v) is 6.83. The van der Waals surface area contributed by atoms with Gasteiger partial charge in [0.2, 0.25) is 0 Å². The van der Waals surface area contributed by atoms with E-state index < -0.39 is 10.1 Å². The summed E-state index contributed by atoms with van der Waals surface area (Å²) in [6.07, 6.45) is 3.54. The van der Waals surface area contributed by atoms with E-state index in [1.54, 1.807) is 24.4 Å². The third-order valence-corrected chi connectivity index (χ3v) is 4.65. The van der Waals surface area contributed by atoms with Crippen molar-refractivity contribution in [3.63, 3.8) is 0 Å². The van der Waals surface area contributed by atoms with Crippen LogP contribution in [0.5, 0.6) is 0 Å². The van der Waals surface area contributed by atoms with Crippen LogP contribution >= 0.6 is 11.8 Å². The van der Waals surface area contributed by atoms with E-state index >= 15 is 0 Å². The smallest absolute Gasteiger partial charge is 0.253 e. The maximum absolute atomic E-state index is 11.8. The fourth-order valence-electron chi connectivity index (χ4n) is 1.61. The van der Waals surface area contributed by atoms with Crippen LogP contribution in [0.2, 0.25) is 0 Å². The molecule has 0 aliphatic carbocycles. The highest BCUT2D eigenvalue weighted by Crippen LogP contribution is 2.11. The van der Waals surface area contributed by atoms with E-state index in [4.69, 9.17) is 4.18 Å². The van der Waals surface area contributed by atoms with Gasteiger partial charge in [-0.3, -0.25) is 4.18 Å². The summed E-state index contributed by atoms with van der Waals surface area (Å²) in [4.78, 5) is 8.50. The normalized spacial score (nSPS) is 10.2. The fraction of sp³-hybridized carbons (Fsp3) is 0.176. The van der Waals surface area contributed by atoms with Gasteiger partial charge in [0.05, 0.1) is 16.2 Å². The molecule has 0 saturated carbocycles. The van der Waals surface area contributed by atoms with Gasteiger partial charge in [0, 0.05) is 6.20 Å². The third kappa shape index (κ3) is 5.10. The van der Waals surface area contributed by atoms with E-state index in [-0.39, 0.29) is 11.5 Å². The standard InChI is InChI=1S/C17H14N2O3S2/c1-14-15(13-18-17(19-14)23-2)9-5-4-8-12-22-24(20,21)16-10-6-3-7-11-16/h3,6-7,10-11,13H,12H2,1-2H3. The monoisotopic (exact) mass is 358 g/mol. The van der Waals surface area contributed by atoms with E-state index in [1.165, 1.54) is 23.9 Å². The van der Waals surface area contributed by atoms with Crippen LogP contribution in [0.3, 0.4) is 0 Å². The van der Waals surface area contributed by atoms with Gasteiger partial charge in [0.1, 0.15) is 6.61 Å². The quantitative estimate of drug-likeness (QED) is 0.361. The maximum Gasteiger partial charge on any atom is 0.297 e. The van der Waals surface area contributed by atoms with Crippen LogP contribution in [0, 0.1) is 30.6 Å². The van der Waals surface area contributed by atoms with Crippen molar-refractivity contribution in [1.29, 1.82) is 0 Å². The Morgan fingerprint density at radius 2 is 1.96 bits per heavy atom. The van der Waals surface area contributed by atoms with Gasteiger partial charge in [0.15, 0.2) is 5.16 Å². The average Bonchev–Trinajstić information content (AvgIpc) is 2.59. The molecule has 0 N–H and O–H groups in total. The Kier molecular flexibility index (Phi) is 6.39. The van der Waals surface area contributed by atoms with Gasteiger partial charge in [-0.15, -0.1) is 0 Å². The van der Waals surface area contributed by atoms with E-state index in [0.29, 0.717) is 10.7 Å². The Hall–Kier alpha value is -2.32. The molecule has 1 aromatic carbocycles. The molecular weight excluding hydrogens is 344 g/mol. The number of benzene rings is 1. The lowest BCUT2D eigenvalue weighted by molar-refractivity contribution is 0.363. The topological polar surface area (TPSA) is 69.2 Å². The van der Waals surface area contributed by atoms with Crippen molar-refractivity contribution < 1.29 is 12.6 Å². The molecule has 0 radical (unpaired) electrons. The molecule has 0 unspecified atom stereocenters. The Bertz CT molecular complexity index is 935. The zero-order valence-electron chi connectivity index (χ0n) is 13.1. The van der Waals surface area contributed by atoms with Gasteiger partial charge in [-0.2, -0.15) is 8.42 Å². The number of rotatable bonds is 4. The number of hydrogen-bond donors (Lipinski definition) is 0. The van der Waals surface area contributed by atoms with Crippen LogP contribution in [0.25, 0.3) is 0 Å². The zero-order valence-corrected chi connectivity index (χ0v) is 14.7. The molecule has 2 aromatic rings. The minimum absolute atomic E-state index is 0.0968. The van der Waals surface area contributed by atoms with Gasteiger partial charge in [-0.05, 0) is 43.1 Å². The van der Waals surface area contributed by atoms with Crippen LogP contribution in [0.15, 0.2) is 46.6 Å². The van der Waals surface area contributed by atoms with Crippen molar-refractivity contribution in [3.8, 4) is 23.7 Å². The van der Waals surface area contributed by atoms with E-state index in [0.717, 1.165) is 5.69 Å². The third-order valence-electron chi connectivity index (χ3n) is 2.81. The second kappa shape index (κ2) is 8.51. The van der Waals surface area contributed by atoms with Crippen molar-refractivity contribution in [2.24, 2.45) is 0 Å².